The van der Waals surface area contributed by atoms with Crippen molar-refractivity contribution in [3.05, 3.63) is 12.2 Å². The predicted molar refractivity (Wildman–Crippen MR) is 88.0 cm³/mol. The third kappa shape index (κ3) is 5.49. The number of carbonyl (C=O) groups excluding carboxylic acids is 1. The van der Waals surface area contributed by atoms with Gasteiger partial charge in [0, 0.05) is 19.1 Å². The summed E-state index contributed by atoms with van der Waals surface area (Å²) in [4.78, 5) is 11.8. The Kier molecular flexibility index (Phi) is 5.62. The molecule has 0 spiro atoms. The molecule has 1 amide bonds. The molecular formula is C16H29N5O2. The van der Waals surface area contributed by atoms with E-state index >= 15 is 0 Å². The molecule has 7 heteroatoms. The molecule has 0 radical (unpaired) electrons. The highest BCUT2D eigenvalue weighted by atomic mass is 16.6. The quantitative estimate of drug-likeness (QED) is 0.888. The lowest BCUT2D eigenvalue weighted by Gasteiger charge is -2.32. The number of ether oxygens (including phenoxy) is 1. The van der Waals surface area contributed by atoms with Crippen molar-refractivity contribution in [2.24, 2.45) is 7.05 Å². The first-order chi connectivity index (χ1) is 10.7. The SMILES string of the molecule is CC(NC1CCC(NC(=O)OC(C)(C)C)CC1)c1nncn1C. The van der Waals surface area contributed by atoms with Crippen LogP contribution in [0.15, 0.2) is 6.33 Å². The van der Waals surface area contributed by atoms with E-state index in [4.69, 9.17) is 4.74 Å². The third-order valence-electron chi connectivity index (χ3n) is 4.07. The Morgan fingerprint density at radius 2 is 1.91 bits per heavy atom. The predicted octanol–water partition coefficient (Wildman–Crippen LogP) is 2.30. The Labute approximate surface area is 138 Å². The molecule has 1 unspecified atom stereocenters. The molecule has 130 valence electrons. The highest BCUT2D eigenvalue weighted by Crippen LogP contribution is 2.22. The molecule has 23 heavy (non-hydrogen) atoms. The van der Waals surface area contributed by atoms with Gasteiger partial charge in [0.2, 0.25) is 0 Å². The lowest BCUT2D eigenvalue weighted by Crippen LogP contribution is -2.44. The minimum atomic E-state index is -0.450. The molecule has 1 aromatic heterocycles. The normalized spacial score (nSPS) is 23.3. The molecule has 0 bridgehead atoms. The number of amides is 1. The van der Waals surface area contributed by atoms with Crippen LogP contribution in [0.1, 0.15) is 65.2 Å². The third-order valence-corrected chi connectivity index (χ3v) is 4.07. The average Bonchev–Trinajstić information content (AvgIpc) is 2.85. The van der Waals surface area contributed by atoms with Gasteiger partial charge >= 0.3 is 6.09 Å². The van der Waals surface area contributed by atoms with Crippen LogP contribution in [0.4, 0.5) is 4.79 Å². The Balaban J connectivity index is 1.74. The van der Waals surface area contributed by atoms with Crippen LogP contribution in [-0.4, -0.2) is 38.5 Å². The van der Waals surface area contributed by atoms with Crippen molar-refractivity contribution >= 4 is 6.09 Å². The van der Waals surface area contributed by atoms with Crippen molar-refractivity contribution < 1.29 is 9.53 Å². The van der Waals surface area contributed by atoms with Gasteiger partial charge in [-0.25, -0.2) is 4.79 Å². The average molecular weight is 323 g/mol. The zero-order chi connectivity index (χ0) is 17.0. The largest absolute Gasteiger partial charge is 0.444 e. The summed E-state index contributed by atoms with van der Waals surface area (Å²) in [6.07, 6.45) is 5.38. The van der Waals surface area contributed by atoms with Crippen molar-refractivity contribution in [2.75, 3.05) is 0 Å². The topological polar surface area (TPSA) is 81.1 Å². The molecule has 1 saturated carbocycles. The number of alkyl carbamates (subject to hydrolysis) is 1. The molecule has 1 heterocycles. The van der Waals surface area contributed by atoms with Crippen LogP contribution >= 0.6 is 0 Å². The monoisotopic (exact) mass is 323 g/mol. The van der Waals surface area contributed by atoms with Crippen molar-refractivity contribution in [3.8, 4) is 0 Å². The summed E-state index contributed by atoms with van der Waals surface area (Å²) >= 11 is 0. The van der Waals surface area contributed by atoms with Gasteiger partial charge in [0.25, 0.3) is 0 Å². The molecular weight excluding hydrogens is 294 g/mol. The van der Waals surface area contributed by atoms with E-state index in [1.807, 2.05) is 32.4 Å². The fourth-order valence-electron chi connectivity index (χ4n) is 2.99. The van der Waals surface area contributed by atoms with E-state index in [9.17, 15) is 4.79 Å². The van der Waals surface area contributed by atoms with Gasteiger partial charge in [0.05, 0.1) is 6.04 Å². The number of aryl methyl sites for hydroxylation is 1. The Hall–Kier alpha value is -1.63. The van der Waals surface area contributed by atoms with E-state index in [0.717, 1.165) is 31.5 Å². The molecule has 1 aliphatic rings. The van der Waals surface area contributed by atoms with Gasteiger partial charge in [-0.3, -0.25) is 0 Å². The van der Waals surface area contributed by atoms with E-state index in [0.29, 0.717) is 6.04 Å². The molecule has 0 aromatic carbocycles. The summed E-state index contributed by atoms with van der Waals surface area (Å²) in [6.45, 7) is 7.73. The van der Waals surface area contributed by atoms with Crippen molar-refractivity contribution in [2.45, 2.75) is 77.1 Å². The highest BCUT2D eigenvalue weighted by molar-refractivity contribution is 5.68. The number of aromatic nitrogens is 3. The van der Waals surface area contributed by atoms with Crippen LogP contribution < -0.4 is 10.6 Å². The standard InChI is InChI=1S/C16H29N5O2/c1-11(14-20-17-10-21(14)5)18-12-6-8-13(9-7-12)19-15(22)23-16(2,3)4/h10-13,18H,6-9H2,1-5H3,(H,19,22). The second kappa shape index (κ2) is 7.29. The van der Waals surface area contributed by atoms with Gasteiger partial charge in [0.15, 0.2) is 0 Å². The number of hydrogen-bond acceptors (Lipinski definition) is 5. The number of nitrogens with zero attached hydrogens (tertiary/aromatic N) is 3. The van der Waals surface area contributed by atoms with Gasteiger partial charge in [-0.15, -0.1) is 10.2 Å². The first-order valence-corrected chi connectivity index (χ1v) is 8.34. The molecule has 2 rings (SSSR count). The zero-order valence-electron chi connectivity index (χ0n) is 14.8. The van der Waals surface area contributed by atoms with E-state index < -0.39 is 5.60 Å². The first-order valence-electron chi connectivity index (χ1n) is 8.34. The first kappa shape index (κ1) is 17.7. The maximum atomic E-state index is 11.8. The van der Waals surface area contributed by atoms with Crippen LogP contribution in [0, 0.1) is 0 Å². The van der Waals surface area contributed by atoms with Crippen molar-refractivity contribution in [1.29, 1.82) is 0 Å². The van der Waals surface area contributed by atoms with Gasteiger partial charge in [0.1, 0.15) is 17.8 Å². The van der Waals surface area contributed by atoms with E-state index in [2.05, 4.69) is 27.8 Å². The van der Waals surface area contributed by atoms with Crippen LogP contribution in [-0.2, 0) is 11.8 Å². The lowest BCUT2D eigenvalue weighted by atomic mass is 9.91. The van der Waals surface area contributed by atoms with Gasteiger partial charge < -0.3 is 19.9 Å². The van der Waals surface area contributed by atoms with Gasteiger partial charge in [-0.05, 0) is 53.4 Å². The van der Waals surface area contributed by atoms with E-state index in [1.54, 1.807) is 6.33 Å². The molecule has 2 N–H and O–H groups in total. The maximum absolute atomic E-state index is 11.8. The summed E-state index contributed by atoms with van der Waals surface area (Å²) in [5, 5.41) is 14.6. The molecule has 1 aromatic rings. The van der Waals surface area contributed by atoms with Gasteiger partial charge in [-0.1, -0.05) is 0 Å². The fourth-order valence-corrected chi connectivity index (χ4v) is 2.99. The molecule has 1 aliphatic carbocycles. The Morgan fingerprint density at radius 1 is 1.30 bits per heavy atom. The van der Waals surface area contributed by atoms with Crippen LogP contribution in [0.3, 0.4) is 0 Å². The molecule has 1 fully saturated rings. The molecule has 7 nitrogen and oxygen atoms in total. The highest BCUT2D eigenvalue weighted by Gasteiger charge is 2.26. The zero-order valence-corrected chi connectivity index (χ0v) is 14.8. The van der Waals surface area contributed by atoms with Crippen LogP contribution in [0.5, 0.6) is 0 Å². The minimum absolute atomic E-state index is 0.169. The number of nitrogens with one attached hydrogen (secondary N) is 2. The Bertz CT molecular complexity index is 515. The van der Waals surface area contributed by atoms with E-state index in [1.165, 1.54) is 0 Å². The lowest BCUT2D eigenvalue weighted by molar-refractivity contribution is 0.0489. The number of rotatable bonds is 4. The second-order valence-corrected chi connectivity index (χ2v) is 7.38. The summed E-state index contributed by atoms with van der Waals surface area (Å²) in [6, 6.07) is 0.814. The van der Waals surface area contributed by atoms with Crippen molar-refractivity contribution in [1.82, 2.24) is 25.4 Å². The molecule has 0 aliphatic heterocycles. The fraction of sp³-hybridized carbons (Fsp3) is 0.812. The molecule has 0 saturated heterocycles. The summed E-state index contributed by atoms with van der Waals surface area (Å²) in [5.41, 5.74) is -0.450. The minimum Gasteiger partial charge on any atom is -0.444 e. The van der Waals surface area contributed by atoms with Crippen LogP contribution in [0.25, 0.3) is 0 Å². The van der Waals surface area contributed by atoms with Crippen LogP contribution in [0.2, 0.25) is 0 Å². The summed E-state index contributed by atoms with van der Waals surface area (Å²) < 4.78 is 7.25. The summed E-state index contributed by atoms with van der Waals surface area (Å²) in [5.74, 6) is 0.944. The maximum Gasteiger partial charge on any atom is 0.407 e. The Morgan fingerprint density at radius 3 is 2.43 bits per heavy atom. The van der Waals surface area contributed by atoms with Crippen molar-refractivity contribution in [3.63, 3.8) is 0 Å². The van der Waals surface area contributed by atoms with Gasteiger partial charge in [-0.2, -0.15) is 0 Å². The number of hydrogen-bond donors (Lipinski definition) is 2. The molecule has 1 atom stereocenters. The smallest absolute Gasteiger partial charge is 0.407 e. The second-order valence-electron chi connectivity index (χ2n) is 7.38. The number of carbonyl (C=O) groups is 1. The summed E-state index contributed by atoms with van der Waals surface area (Å²) in [7, 11) is 1.95. The van der Waals surface area contributed by atoms with E-state index in [-0.39, 0.29) is 18.2 Å².